The van der Waals surface area contributed by atoms with Crippen LogP contribution in [0.3, 0.4) is 0 Å². The molecule has 0 aromatic carbocycles. The number of carbonyl (C=O) groups is 2. The summed E-state index contributed by atoms with van der Waals surface area (Å²) < 4.78 is 38.3. The molecule has 0 spiro atoms. The van der Waals surface area contributed by atoms with Crippen molar-refractivity contribution < 1.29 is 67.8 Å². The number of esters is 2. The third-order valence-corrected chi connectivity index (χ3v) is 10.9. The Kier molecular flexibility index (Phi) is 30.1. The summed E-state index contributed by atoms with van der Waals surface area (Å²) in [5, 5.41) is 49.2. The molecule has 1 aliphatic rings. The zero-order valence-electron chi connectivity index (χ0n) is 34.3. The fourth-order valence-electron chi connectivity index (χ4n) is 6.18. The highest BCUT2D eigenvalue weighted by molar-refractivity contribution is 7.47. The Morgan fingerprint density at radius 1 is 0.839 bits per heavy atom. The normalized spacial score (nSPS) is 22.2. The van der Waals surface area contributed by atoms with Crippen molar-refractivity contribution in [1.29, 1.82) is 0 Å². The average Bonchev–Trinajstić information content (AvgIpc) is 3.16. The molecule has 6 N–H and O–H groups in total. The van der Waals surface area contributed by atoms with E-state index in [4.69, 9.17) is 23.8 Å². The minimum absolute atomic E-state index is 0.0486. The van der Waals surface area contributed by atoms with Crippen molar-refractivity contribution in [3.05, 3.63) is 24.3 Å². The fourth-order valence-corrected chi connectivity index (χ4v) is 6.97. The molecule has 1 fully saturated rings. The van der Waals surface area contributed by atoms with E-state index < -0.39 is 83.0 Å². The number of phosphoric acid groups is 1. The van der Waals surface area contributed by atoms with Crippen molar-refractivity contribution in [2.75, 3.05) is 26.4 Å². The van der Waals surface area contributed by atoms with E-state index in [2.05, 4.69) is 25.3 Å². The molecule has 1 aliphatic heterocycles. The Morgan fingerprint density at radius 2 is 1.48 bits per heavy atom. The molecule has 0 saturated carbocycles. The van der Waals surface area contributed by atoms with E-state index in [0.717, 1.165) is 44.4 Å². The fraction of sp³-hybridized carbons (Fsp3) is 0.854. The van der Waals surface area contributed by atoms with Crippen LogP contribution in [0.5, 0.6) is 0 Å². The molecule has 328 valence electrons. The maximum atomic E-state index is 12.6. The van der Waals surface area contributed by atoms with Crippen LogP contribution in [0.1, 0.15) is 149 Å². The van der Waals surface area contributed by atoms with Crippen molar-refractivity contribution >= 4 is 19.8 Å². The summed E-state index contributed by atoms with van der Waals surface area (Å²) in [7, 11) is -4.68. The van der Waals surface area contributed by atoms with Gasteiger partial charge in [0, 0.05) is 25.2 Å². The van der Waals surface area contributed by atoms with E-state index in [1.165, 1.54) is 38.5 Å². The predicted molar refractivity (Wildman–Crippen MR) is 213 cm³/mol. The Morgan fingerprint density at radius 3 is 2.16 bits per heavy atom. The molecule has 15 heteroatoms. The molecule has 9 atom stereocenters. The van der Waals surface area contributed by atoms with Gasteiger partial charge in [0.25, 0.3) is 0 Å². The summed E-state index contributed by atoms with van der Waals surface area (Å²) in [5.41, 5.74) is 0. The van der Waals surface area contributed by atoms with Crippen molar-refractivity contribution in [1.82, 2.24) is 0 Å². The van der Waals surface area contributed by atoms with Gasteiger partial charge in [-0.2, -0.15) is 0 Å². The lowest BCUT2D eigenvalue weighted by molar-refractivity contribution is -0.199. The van der Waals surface area contributed by atoms with Crippen molar-refractivity contribution in [2.24, 2.45) is 11.8 Å². The second-order valence-electron chi connectivity index (χ2n) is 15.1. The molecule has 1 rings (SSSR count). The first-order chi connectivity index (χ1) is 26.8. The van der Waals surface area contributed by atoms with Gasteiger partial charge in [0.1, 0.15) is 12.7 Å². The van der Waals surface area contributed by atoms with Gasteiger partial charge >= 0.3 is 19.8 Å². The maximum Gasteiger partial charge on any atom is 0.472 e. The van der Waals surface area contributed by atoms with Crippen LogP contribution in [0.4, 0.5) is 0 Å². The average molecular weight is 823 g/mol. The minimum Gasteiger partial charge on any atom is -0.462 e. The van der Waals surface area contributed by atoms with E-state index in [1.54, 1.807) is 12.2 Å². The Bertz CT molecular complexity index is 1120. The molecule has 0 amide bonds. The number of hydrogen-bond donors (Lipinski definition) is 6. The highest BCUT2D eigenvalue weighted by Gasteiger charge is 2.35. The number of ether oxygens (including phenoxy) is 3. The van der Waals surface area contributed by atoms with E-state index in [0.29, 0.717) is 32.1 Å². The molecule has 0 radical (unpaired) electrons. The van der Waals surface area contributed by atoms with E-state index >= 15 is 0 Å². The molecule has 3 unspecified atom stereocenters. The van der Waals surface area contributed by atoms with Gasteiger partial charge in [0.15, 0.2) is 12.4 Å². The summed E-state index contributed by atoms with van der Waals surface area (Å²) in [6.45, 7) is 4.24. The number of carbonyl (C=O) groups excluding carboxylic acids is 2. The van der Waals surface area contributed by atoms with Crippen LogP contribution >= 0.6 is 7.82 Å². The molecule has 0 aromatic rings. The third kappa shape index (κ3) is 27.1. The summed E-state index contributed by atoms with van der Waals surface area (Å²) in [6.07, 6.45) is 17.8. The second-order valence-corrected chi connectivity index (χ2v) is 16.6. The standard InChI is InChI=1S/C41H75O14P/c1-4-6-15-21-33(43)25-26-38-36(37(45)27-41(48)55-38)22-17-13-14-18-23-39(46)51-30-35(31-53-56(49,50)52-29-34(44)28-42)54-40(47)24-19-12-10-8-7-9-11-16-20-32(3)5-2/h13,17,25-26,32-38,41-45,48H,4-12,14-16,18-24,27-31H2,1-3H3,(H,49,50)/b17-13-,26-25+/t32?,33-,34-,35+,36-,37-,38+,41?/m0/s1. The molecule has 0 aromatic heterocycles. The zero-order valence-corrected chi connectivity index (χ0v) is 35.2. The van der Waals surface area contributed by atoms with Crippen molar-refractivity contribution in [3.8, 4) is 0 Å². The molecule has 0 bridgehead atoms. The number of rotatable bonds is 34. The molecular weight excluding hydrogens is 747 g/mol. The topological polar surface area (TPSA) is 219 Å². The van der Waals surface area contributed by atoms with Crippen LogP contribution < -0.4 is 0 Å². The summed E-state index contributed by atoms with van der Waals surface area (Å²) >= 11 is 0. The summed E-state index contributed by atoms with van der Waals surface area (Å²) in [5.74, 6) is -0.661. The van der Waals surface area contributed by atoms with Crippen LogP contribution in [-0.2, 0) is 37.4 Å². The number of allylic oxidation sites excluding steroid dienone is 2. The monoisotopic (exact) mass is 822 g/mol. The number of aliphatic hydroxyl groups is 5. The van der Waals surface area contributed by atoms with E-state index in [-0.39, 0.29) is 25.2 Å². The number of aliphatic hydroxyl groups excluding tert-OH is 5. The first kappa shape index (κ1) is 52.3. The van der Waals surface area contributed by atoms with Crippen LogP contribution in [-0.4, -0.2) is 106 Å². The molecule has 1 heterocycles. The van der Waals surface area contributed by atoms with Crippen LogP contribution in [0, 0.1) is 11.8 Å². The highest BCUT2D eigenvalue weighted by atomic mass is 31.2. The lowest BCUT2D eigenvalue weighted by atomic mass is 9.87. The minimum atomic E-state index is -4.68. The summed E-state index contributed by atoms with van der Waals surface area (Å²) in [6, 6.07) is 0. The molecule has 56 heavy (non-hydrogen) atoms. The van der Waals surface area contributed by atoms with E-state index in [9.17, 15) is 39.5 Å². The van der Waals surface area contributed by atoms with E-state index in [1.807, 2.05) is 12.2 Å². The smallest absolute Gasteiger partial charge is 0.462 e. The SMILES string of the molecule is CCCCC[C@H](O)/C=C/[C@H]1OC(O)C[C@H](O)[C@@H]1C/C=C\CCCC(=O)OC[C@H](COP(=O)(O)OC[C@@H](O)CO)OC(=O)CCCCCCCCCCC(C)CC. The number of unbranched alkanes of at least 4 members (excludes halogenated alkanes) is 10. The largest absolute Gasteiger partial charge is 0.472 e. The van der Waals surface area contributed by atoms with Crippen LogP contribution in [0.2, 0.25) is 0 Å². The summed E-state index contributed by atoms with van der Waals surface area (Å²) in [4.78, 5) is 35.1. The zero-order chi connectivity index (χ0) is 41.6. The van der Waals surface area contributed by atoms with Gasteiger partial charge in [-0.3, -0.25) is 18.6 Å². The highest BCUT2D eigenvalue weighted by Crippen LogP contribution is 2.43. The first-order valence-corrected chi connectivity index (χ1v) is 22.6. The first-order valence-electron chi connectivity index (χ1n) is 21.1. The predicted octanol–water partition coefficient (Wildman–Crippen LogP) is 6.57. The quantitative estimate of drug-likeness (QED) is 0.0175. The molecule has 14 nitrogen and oxygen atoms in total. The van der Waals surface area contributed by atoms with Crippen molar-refractivity contribution in [2.45, 2.75) is 186 Å². The maximum absolute atomic E-state index is 12.6. The van der Waals surface area contributed by atoms with Gasteiger partial charge in [0.2, 0.25) is 0 Å². The van der Waals surface area contributed by atoms with Gasteiger partial charge in [0.05, 0.1) is 38.1 Å². The number of hydrogen-bond acceptors (Lipinski definition) is 13. The lowest BCUT2D eigenvalue weighted by Gasteiger charge is -2.36. The Labute approximate surface area is 335 Å². The molecular formula is C41H75O14P. The Hall–Kier alpha value is -1.71. The third-order valence-electron chi connectivity index (χ3n) is 9.94. The van der Waals surface area contributed by atoms with Gasteiger partial charge < -0.3 is 44.6 Å². The van der Waals surface area contributed by atoms with Crippen LogP contribution in [0.25, 0.3) is 0 Å². The Balaban J connectivity index is 2.54. The molecule has 0 aliphatic carbocycles. The molecule has 1 saturated heterocycles. The second kappa shape index (κ2) is 32.2. The van der Waals surface area contributed by atoms with Gasteiger partial charge in [-0.15, -0.1) is 0 Å². The van der Waals surface area contributed by atoms with Gasteiger partial charge in [-0.1, -0.05) is 122 Å². The van der Waals surface area contributed by atoms with Crippen molar-refractivity contribution in [3.63, 3.8) is 0 Å². The van der Waals surface area contributed by atoms with Gasteiger partial charge in [-0.05, 0) is 38.0 Å². The van der Waals surface area contributed by atoms with Gasteiger partial charge in [-0.25, -0.2) is 4.57 Å². The lowest BCUT2D eigenvalue weighted by Crippen LogP contribution is -2.43. The number of phosphoric ester groups is 1. The van der Waals surface area contributed by atoms with Crippen LogP contribution in [0.15, 0.2) is 24.3 Å².